The molecule has 0 saturated carbocycles. The highest BCUT2D eigenvalue weighted by Gasteiger charge is 2.25. The van der Waals surface area contributed by atoms with Crippen molar-refractivity contribution >= 4 is 27.9 Å². The third-order valence-electron chi connectivity index (χ3n) is 4.92. The number of halogens is 1. The maximum atomic E-state index is 13.3. The molecule has 0 aliphatic heterocycles. The molecule has 140 valence electrons. The monoisotopic (exact) mass is 384 g/mol. The third-order valence-corrected chi connectivity index (χ3v) is 4.92. The predicted molar refractivity (Wildman–Crippen MR) is 108 cm³/mol. The van der Waals surface area contributed by atoms with Crippen LogP contribution in [0.15, 0.2) is 85.3 Å². The second-order valence-corrected chi connectivity index (χ2v) is 6.72. The van der Waals surface area contributed by atoms with E-state index >= 15 is 0 Å². The molecule has 5 nitrogen and oxygen atoms in total. The van der Waals surface area contributed by atoms with E-state index < -0.39 is 0 Å². The maximum Gasteiger partial charge on any atom is 0.351 e. The van der Waals surface area contributed by atoms with Gasteiger partial charge in [0, 0.05) is 28.1 Å². The summed E-state index contributed by atoms with van der Waals surface area (Å²) >= 11 is 0. The predicted octanol–water partition coefficient (Wildman–Crippen LogP) is 3.78. The topological polar surface area (TPSA) is 63.1 Å². The van der Waals surface area contributed by atoms with Crippen molar-refractivity contribution in [3.63, 3.8) is 0 Å². The average molecular weight is 384 g/mol. The van der Waals surface area contributed by atoms with Crippen LogP contribution >= 0.6 is 0 Å². The van der Waals surface area contributed by atoms with Crippen molar-refractivity contribution in [3.05, 3.63) is 97.0 Å². The molecule has 0 aliphatic carbocycles. The third kappa shape index (κ3) is 3.00. The molecule has 0 atom stereocenters. The van der Waals surface area contributed by atoms with E-state index in [2.05, 4.69) is 15.3 Å². The Hall–Kier alpha value is -4.06. The minimum absolute atomic E-state index is 0.264. The molecular formula is C23H17FN4O+2. The summed E-state index contributed by atoms with van der Waals surface area (Å²) in [4.78, 5) is 19.4. The number of carbonyl (C=O) groups excluding carboxylic acids is 1. The minimum atomic E-state index is -0.302. The second kappa shape index (κ2) is 6.83. The highest BCUT2D eigenvalue weighted by molar-refractivity contribution is 6.07. The Morgan fingerprint density at radius 1 is 1.00 bits per heavy atom. The summed E-state index contributed by atoms with van der Waals surface area (Å²) in [6.07, 6.45) is 5.53. The normalized spacial score (nSPS) is 11.1. The SMILES string of the molecule is O=C(Nc1cccc2c[nH+]ccc12)c1[nH]c(-c2ccc(F)cc2)c2cccc[n+]12. The molecule has 6 heteroatoms. The fourth-order valence-electron chi connectivity index (χ4n) is 3.54. The smallest absolute Gasteiger partial charge is 0.315 e. The lowest BCUT2D eigenvalue weighted by atomic mass is 10.1. The molecule has 3 aromatic heterocycles. The molecule has 0 unspecified atom stereocenters. The molecule has 0 fully saturated rings. The number of hydrogen-bond acceptors (Lipinski definition) is 1. The zero-order valence-corrected chi connectivity index (χ0v) is 15.3. The number of hydrogen-bond donors (Lipinski definition) is 2. The Bertz CT molecular complexity index is 1350. The number of rotatable bonds is 3. The first-order chi connectivity index (χ1) is 14.2. The number of benzene rings is 2. The fraction of sp³-hybridized carbons (Fsp3) is 0. The molecule has 29 heavy (non-hydrogen) atoms. The van der Waals surface area contributed by atoms with Crippen molar-refractivity contribution in [3.8, 4) is 11.3 Å². The zero-order valence-electron chi connectivity index (χ0n) is 15.3. The lowest BCUT2D eigenvalue weighted by Crippen LogP contribution is -2.31. The minimum Gasteiger partial charge on any atom is -0.315 e. The lowest BCUT2D eigenvalue weighted by molar-refractivity contribution is -0.513. The van der Waals surface area contributed by atoms with Crippen LogP contribution in [0.3, 0.4) is 0 Å². The van der Waals surface area contributed by atoms with Gasteiger partial charge < -0.3 is 5.32 Å². The van der Waals surface area contributed by atoms with Crippen LogP contribution in [-0.4, -0.2) is 10.9 Å². The number of pyridine rings is 2. The van der Waals surface area contributed by atoms with Crippen molar-refractivity contribution in [2.24, 2.45) is 0 Å². The highest BCUT2D eigenvalue weighted by Crippen LogP contribution is 2.24. The first-order valence-electron chi connectivity index (χ1n) is 9.19. The number of fused-ring (bicyclic) bond motifs is 2. The van der Waals surface area contributed by atoms with Crippen LogP contribution < -0.4 is 14.7 Å². The number of amides is 1. The van der Waals surface area contributed by atoms with Crippen LogP contribution in [-0.2, 0) is 0 Å². The Kier molecular flexibility index (Phi) is 4.02. The molecule has 0 radical (unpaired) electrons. The first kappa shape index (κ1) is 17.1. The van der Waals surface area contributed by atoms with E-state index in [1.165, 1.54) is 12.1 Å². The van der Waals surface area contributed by atoms with E-state index in [-0.39, 0.29) is 11.7 Å². The van der Waals surface area contributed by atoms with Gasteiger partial charge in [0.1, 0.15) is 5.82 Å². The fourth-order valence-corrected chi connectivity index (χ4v) is 3.54. The molecule has 1 amide bonds. The Morgan fingerprint density at radius 2 is 1.86 bits per heavy atom. The molecule has 5 aromatic rings. The Balaban J connectivity index is 1.59. The van der Waals surface area contributed by atoms with Crippen molar-refractivity contribution in [2.75, 3.05) is 5.32 Å². The maximum absolute atomic E-state index is 13.3. The number of nitrogens with zero attached hydrogens (tertiary/aromatic N) is 1. The van der Waals surface area contributed by atoms with Crippen LogP contribution in [0.2, 0.25) is 0 Å². The summed E-state index contributed by atoms with van der Waals surface area (Å²) in [5, 5.41) is 4.95. The standard InChI is InChI=1S/C23H15FN4O/c24-17-9-7-15(8-10-17)21-20-6-1-2-13-28(20)22(27-21)23(29)26-19-5-3-4-16-14-25-12-11-18(16)19/h1-14H,(H,26,29)/p+2. The number of aromatic nitrogens is 3. The van der Waals surface area contributed by atoms with Gasteiger partial charge in [0.15, 0.2) is 23.6 Å². The van der Waals surface area contributed by atoms with E-state index in [1.54, 1.807) is 16.5 Å². The van der Waals surface area contributed by atoms with Crippen LogP contribution in [0.4, 0.5) is 10.1 Å². The van der Waals surface area contributed by atoms with E-state index in [4.69, 9.17) is 0 Å². The van der Waals surface area contributed by atoms with Gasteiger partial charge in [-0.3, -0.25) is 4.79 Å². The van der Waals surface area contributed by atoms with Gasteiger partial charge in [0.2, 0.25) is 0 Å². The molecule has 2 aromatic carbocycles. The number of carbonyl (C=O) groups is 1. The molecule has 0 bridgehead atoms. The van der Waals surface area contributed by atoms with Crippen molar-refractivity contribution in [2.45, 2.75) is 0 Å². The second-order valence-electron chi connectivity index (χ2n) is 6.72. The van der Waals surface area contributed by atoms with Crippen LogP contribution in [0.5, 0.6) is 0 Å². The lowest BCUT2D eigenvalue weighted by Gasteiger charge is -2.04. The van der Waals surface area contributed by atoms with E-state index in [1.807, 2.05) is 61.1 Å². The Labute approximate surface area is 165 Å². The van der Waals surface area contributed by atoms with Gasteiger partial charge in [-0.1, -0.05) is 12.1 Å². The largest absolute Gasteiger partial charge is 0.351 e. The van der Waals surface area contributed by atoms with E-state index in [0.29, 0.717) is 5.82 Å². The average Bonchev–Trinajstić information content (AvgIpc) is 3.14. The quantitative estimate of drug-likeness (QED) is 0.457. The van der Waals surface area contributed by atoms with E-state index in [0.717, 1.165) is 33.2 Å². The summed E-state index contributed by atoms with van der Waals surface area (Å²) in [6.45, 7) is 0. The highest BCUT2D eigenvalue weighted by atomic mass is 19.1. The summed E-state index contributed by atoms with van der Waals surface area (Å²) in [6, 6.07) is 19.5. The molecule has 5 rings (SSSR count). The van der Waals surface area contributed by atoms with Crippen LogP contribution in [0.1, 0.15) is 10.6 Å². The molecule has 0 spiro atoms. The molecule has 0 aliphatic rings. The Morgan fingerprint density at radius 3 is 2.72 bits per heavy atom. The van der Waals surface area contributed by atoms with Crippen molar-refractivity contribution in [1.82, 2.24) is 4.98 Å². The van der Waals surface area contributed by atoms with Crippen molar-refractivity contribution < 1.29 is 18.6 Å². The summed E-state index contributed by atoms with van der Waals surface area (Å²) < 4.78 is 15.1. The van der Waals surface area contributed by atoms with Gasteiger partial charge in [-0.05, 0) is 48.5 Å². The molecule has 0 saturated heterocycles. The molecule has 3 heterocycles. The van der Waals surface area contributed by atoms with Crippen LogP contribution in [0, 0.1) is 5.82 Å². The van der Waals surface area contributed by atoms with Gasteiger partial charge in [-0.15, -0.1) is 0 Å². The number of anilines is 1. The zero-order chi connectivity index (χ0) is 19.8. The van der Waals surface area contributed by atoms with Gasteiger partial charge in [0.05, 0.1) is 6.20 Å². The van der Waals surface area contributed by atoms with Gasteiger partial charge in [-0.25, -0.2) is 14.4 Å². The van der Waals surface area contributed by atoms with Crippen LogP contribution in [0.25, 0.3) is 27.5 Å². The summed E-state index contributed by atoms with van der Waals surface area (Å²) in [5.41, 5.74) is 3.11. The van der Waals surface area contributed by atoms with Gasteiger partial charge in [-0.2, -0.15) is 4.40 Å². The van der Waals surface area contributed by atoms with Gasteiger partial charge >= 0.3 is 11.7 Å². The summed E-state index contributed by atoms with van der Waals surface area (Å²) in [5.74, 6) is -0.178. The number of aromatic amines is 2. The van der Waals surface area contributed by atoms with E-state index in [9.17, 15) is 9.18 Å². The number of nitrogens with one attached hydrogen (secondary N) is 3. The van der Waals surface area contributed by atoms with Gasteiger partial charge in [0.25, 0.3) is 0 Å². The molecule has 3 N–H and O–H groups in total. The number of imidazole rings is 1. The first-order valence-corrected chi connectivity index (χ1v) is 9.19. The number of H-pyrrole nitrogens is 2. The molecular weight excluding hydrogens is 367 g/mol. The summed E-state index contributed by atoms with van der Waals surface area (Å²) in [7, 11) is 0. The van der Waals surface area contributed by atoms with Crippen molar-refractivity contribution in [1.29, 1.82) is 0 Å².